The van der Waals surface area contributed by atoms with Crippen LogP contribution in [0, 0.1) is 0 Å². The highest BCUT2D eigenvalue weighted by molar-refractivity contribution is 5.70. The Hall–Kier alpha value is -4.22. The maximum Gasteiger partial charge on any atom is 0.306 e. The van der Waals surface area contributed by atoms with Crippen molar-refractivity contribution in [3.8, 4) is 0 Å². The molecule has 0 saturated heterocycles. The Morgan fingerprint density at radius 2 is 0.476 bits per heavy atom. The fourth-order valence-electron chi connectivity index (χ4n) is 9.92. The lowest BCUT2D eigenvalue weighted by Gasteiger charge is -2.15. The Labute approximate surface area is 520 Å². The minimum atomic E-state index is -0.780. The Kier molecular flexibility index (Phi) is 69.4. The van der Waals surface area contributed by atoms with Gasteiger partial charge in [-0.25, -0.2) is 0 Å². The van der Waals surface area contributed by atoms with Gasteiger partial charge >= 0.3 is 11.9 Å². The number of carbonyl (C=O) groups is 2. The SMILES string of the molecule is CC/C=C\C/C=C\C/C=C\C/C=C\C/C=C\C/C=C\CCCCCCCCCCCCCCCCCCC(=O)OCC(CO)OC(=O)CCCCCCCCCCCCCCCCCC/C=C\C/C=C\C/C=C\C/C=C\C/C=C\C/C=C\CC. The first-order chi connectivity index (χ1) is 41.6. The van der Waals surface area contributed by atoms with Crippen LogP contribution in [0.25, 0.3) is 0 Å². The molecule has 84 heavy (non-hydrogen) atoms. The lowest BCUT2D eigenvalue weighted by atomic mass is 10.0. The number of ether oxygens (including phenoxy) is 2. The maximum atomic E-state index is 12.4. The molecule has 0 radical (unpaired) electrons. The van der Waals surface area contributed by atoms with Crippen molar-refractivity contribution < 1.29 is 24.2 Å². The summed E-state index contributed by atoms with van der Waals surface area (Å²) in [5.41, 5.74) is 0. The van der Waals surface area contributed by atoms with Crippen LogP contribution in [-0.4, -0.2) is 36.4 Å². The first-order valence-electron chi connectivity index (χ1n) is 35.4. The van der Waals surface area contributed by atoms with Crippen LogP contribution in [-0.2, 0) is 19.1 Å². The van der Waals surface area contributed by atoms with Gasteiger partial charge in [-0.2, -0.15) is 0 Å². The number of hydrogen-bond acceptors (Lipinski definition) is 5. The summed E-state index contributed by atoms with van der Waals surface area (Å²) >= 11 is 0. The van der Waals surface area contributed by atoms with E-state index < -0.39 is 6.10 Å². The molecule has 0 amide bonds. The van der Waals surface area contributed by atoms with Crippen LogP contribution >= 0.6 is 0 Å². The molecule has 0 rings (SSSR count). The van der Waals surface area contributed by atoms with E-state index in [2.05, 4.69) is 160 Å². The van der Waals surface area contributed by atoms with E-state index in [9.17, 15) is 14.7 Å². The third-order valence-corrected chi connectivity index (χ3v) is 15.1. The maximum absolute atomic E-state index is 12.4. The van der Waals surface area contributed by atoms with Gasteiger partial charge in [0.05, 0.1) is 6.61 Å². The van der Waals surface area contributed by atoms with E-state index in [1.807, 2.05) is 0 Å². The normalized spacial score (nSPS) is 13.1. The molecule has 0 heterocycles. The summed E-state index contributed by atoms with van der Waals surface area (Å²) < 4.78 is 10.8. The van der Waals surface area contributed by atoms with Crippen molar-refractivity contribution in [2.45, 2.75) is 328 Å². The molecule has 0 aliphatic rings. The molecule has 1 atom stereocenters. The molecule has 0 fully saturated rings. The predicted molar refractivity (Wildman–Crippen MR) is 371 cm³/mol. The van der Waals surface area contributed by atoms with Crippen LogP contribution < -0.4 is 0 Å². The fraction of sp³-hybridized carbons (Fsp3) is 0.671. The molecule has 0 bridgehead atoms. The molecular formula is C79H132O5. The van der Waals surface area contributed by atoms with E-state index in [-0.39, 0.29) is 25.2 Å². The second-order valence-corrected chi connectivity index (χ2v) is 23.2. The predicted octanol–water partition coefficient (Wildman–Crippen LogP) is 24.9. The zero-order chi connectivity index (χ0) is 60.5. The van der Waals surface area contributed by atoms with Crippen molar-refractivity contribution in [2.24, 2.45) is 0 Å². The number of hydrogen-bond donors (Lipinski definition) is 1. The van der Waals surface area contributed by atoms with E-state index in [1.165, 1.54) is 180 Å². The van der Waals surface area contributed by atoms with Gasteiger partial charge in [0.25, 0.3) is 0 Å². The number of aliphatic hydroxyl groups is 1. The second-order valence-electron chi connectivity index (χ2n) is 23.2. The third-order valence-electron chi connectivity index (χ3n) is 15.1. The molecule has 0 aliphatic heterocycles. The average Bonchev–Trinajstić information content (AvgIpc) is 3.50. The largest absolute Gasteiger partial charge is 0.462 e. The summed E-state index contributed by atoms with van der Waals surface area (Å²) in [7, 11) is 0. The van der Waals surface area contributed by atoms with Gasteiger partial charge < -0.3 is 14.6 Å². The summed E-state index contributed by atoms with van der Waals surface area (Å²) in [6.07, 6.45) is 110. The average molecular weight is 1160 g/mol. The molecular weight excluding hydrogens is 1030 g/mol. The Bertz CT molecular complexity index is 1750. The van der Waals surface area contributed by atoms with E-state index in [0.29, 0.717) is 12.8 Å². The monoisotopic (exact) mass is 1160 g/mol. The number of unbranched alkanes of at least 4 members (excludes halogenated alkanes) is 32. The van der Waals surface area contributed by atoms with E-state index in [0.717, 1.165) is 116 Å². The van der Waals surface area contributed by atoms with Crippen molar-refractivity contribution >= 4 is 11.9 Å². The van der Waals surface area contributed by atoms with Gasteiger partial charge in [0, 0.05) is 12.8 Å². The van der Waals surface area contributed by atoms with Crippen LogP contribution in [0.4, 0.5) is 0 Å². The first kappa shape index (κ1) is 79.8. The van der Waals surface area contributed by atoms with Crippen molar-refractivity contribution in [2.75, 3.05) is 13.2 Å². The second kappa shape index (κ2) is 73.0. The molecule has 0 saturated carbocycles. The standard InChI is InChI=1S/C79H132O5/c1-3-5-7-9-11-13-15-17-19-21-23-25-27-29-31-33-35-37-39-41-43-45-47-49-51-53-55-57-59-61-63-65-67-69-71-73-78(81)83-76-77(75-80)84-79(82)74-72-70-68-66-64-62-60-58-56-54-52-50-48-46-44-42-40-38-36-34-32-30-28-26-24-22-20-18-16-14-12-10-8-6-4-2/h5-8,11-14,17-20,23-26,29-32,35-38,77,80H,3-4,9-10,15-16,21-22,27-28,33-34,39-76H2,1-2H3/b7-5-,8-6-,13-11-,14-12-,19-17-,20-18-,25-23-,26-24-,31-29-,32-30-,37-35-,38-36-. The minimum Gasteiger partial charge on any atom is -0.462 e. The Morgan fingerprint density at radius 1 is 0.274 bits per heavy atom. The van der Waals surface area contributed by atoms with Crippen LogP contribution in [0.3, 0.4) is 0 Å². The highest BCUT2D eigenvalue weighted by Gasteiger charge is 2.16. The molecule has 0 aromatic heterocycles. The van der Waals surface area contributed by atoms with Gasteiger partial charge in [-0.15, -0.1) is 0 Å². The smallest absolute Gasteiger partial charge is 0.306 e. The van der Waals surface area contributed by atoms with E-state index >= 15 is 0 Å². The summed E-state index contributed by atoms with van der Waals surface area (Å²) in [5.74, 6) is -0.584. The van der Waals surface area contributed by atoms with Crippen molar-refractivity contribution in [3.05, 3.63) is 146 Å². The van der Waals surface area contributed by atoms with Crippen LogP contribution in [0.2, 0.25) is 0 Å². The zero-order valence-electron chi connectivity index (χ0n) is 54.9. The number of esters is 2. The van der Waals surface area contributed by atoms with Gasteiger partial charge in [0.1, 0.15) is 6.61 Å². The number of carbonyl (C=O) groups excluding carboxylic acids is 2. The molecule has 0 aromatic rings. The van der Waals surface area contributed by atoms with Crippen molar-refractivity contribution in [1.29, 1.82) is 0 Å². The summed E-state index contributed by atoms with van der Waals surface area (Å²) in [6, 6.07) is 0. The fourth-order valence-corrected chi connectivity index (χ4v) is 9.92. The zero-order valence-corrected chi connectivity index (χ0v) is 54.9. The minimum absolute atomic E-state index is 0.0692. The van der Waals surface area contributed by atoms with Crippen molar-refractivity contribution in [1.82, 2.24) is 0 Å². The molecule has 0 spiro atoms. The lowest BCUT2D eigenvalue weighted by molar-refractivity contribution is -0.161. The summed E-state index contributed by atoms with van der Waals surface area (Å²) in [6.45, 7) is 3.93. The van der Waals surface area contributed by atoms with Crippen LogP contribution in [0.1, 0.15) is 322 Å². The quantitative estimate of drug-likeness (QED) is 0.0373. The van der Waals surface area contributed by atoms with Gasteiger partial charge in [-0.3, -0.25) is 9.59 Å². The highest BCUT2D eigenvalue weighted by Crippen LogP contribution is 2.17. The van der Waals surface area contributed by atoms with Crippen LogP contribution in [0.5, 0.6) is 0 Å². The van der Waals surface area contributed by atoms with Gasteiger partial charge in [0.2, 0.25) is 0 Å². The number of aliphatic hydroxyl groups excluding tert-OH is 1. The molecule has 0 aromatic carbocycles. The number of rotatable bonds is 64. The molecule has 1 unspecified atom stereocenters. The van der Waals surface area contributed by atoms with Gasteiger partial charge in [0.15, 0.2) is 6.10 Å². The third kappa shape index (κ3) is 70.3. The van der Waals surface area contributed by atoms with Crippen molar-refractivity contribution in [3.63, 3.8) is 0 Å². The summed E-state index contributed by atoms with van der Waals surface area (Å²) in [4.78, 5) is 24.7. The Morgan fingerprint density at radius 3 is 0.714 bits per heavy atom. The molecule has 0 aliphatic carbocycles. The molecule has 478 valence electrons. The van der Waals surface area contributed by atoms with Crippen LogP contribution in [0.15, 0.2) is 146 Å². The highest BCUT2D eigenvalue weighted by atomic mass is 16.6. The van der Waals surface area contributed by atoms with E-state index in [1.54, 1.807) is 0 Å². The molecule has 1 N–H and O–H groups in total. The lowest BCUT2D eigenvalue weighted by Crippen LogP contribution is -2.28. The topological polar surface area (TPSA) is 72.8 Å². The number of allylic oxidation sites excluding steroid dienone is 24. The first-order valence-corrected chi connectivity index (χ1v) is 35.4. The Balaban J connectivity index is 3.48. The molecule has 5 heteroatoms. The molecule has 5 nitrogen and oxygen atoms in total. The van der Waals surface area contributed by atoms with Gasteiger partial charge in [-0.05, 0) is 116 Å². The van der Waals surface area contributed by atoms with E-state index in [4.69, 9.17) is 9.47 Å². The summed E-state index contributed by atoms with van der Waals surface area (Å²) in [5, 5.41) is 9.71. The van der Waals surface area contributed by atoms with Gasteiger partial charge in [-0.1, -0.05) is 339 Å².